The van der Waals surface area contributed by atoms with Gasteiger partial charge in [0.15, 0.2) is 0 Å². The first-order valence-electron chi connectivity index (χ1n) is 2.92. The zero-order valence-electron chi connectivity index (χ0n) is 7.18. The van der Waals surface area contributed by atoms with Gasteiger partial charge >= 0.3 is 0 Å². The SMILES string of the molecule is C=O.CN.CN(C)CC(F)F. The zero-order valence-corrected chi connectivity index (χ0v) is 7.18. The van der Waals surface area contributed by atoms with Crippen molar-refractivity contribution >= 4 is 6.79 Å². The lowest BCUT2D eigenvalue weighted by atomic mass is 10.6. The lowest BCUT2D eigenvalue weighted by Crippen LogP contribution is -2.19. The predicted molar refractivity (Wildman–Crippen MR) is 41.8 cm³/mol. The highest BCUT2D eigenvalue weighted by molar-refractivity contribution is 5.10. The lowest BCUT2D eigenvalue weighted by molar-refractivity contribution is -0.0979. The molecule has 3 nitrogen and oxygen atoms in total. The third-order valence-corrected chi connectivity index (χ3v) is 0.503. The van der Waals surface area contributed by atoms with Crippen LogP contribution in [0.1, 0.15) is 0 Å². The van der Waals surface area contributed by atoms with E-state index in [0.717, 1.165) is 0 Å². The van der Waals surface area contributed by atoms with Gasteiger partial charge in [-0.1, -0.05) is 0 Å². The minimum absolute atomic E-state index is 0.139. The van der Waals surface area contributed by atoms with Crippen LogP contribution in [0.5, 0.6) is 0 Å². The second kappa shape index (κ2) is 16.2. The maximum atomic E-state index is 11.2. The van der Waals surface area contributed by atoms with Crippen molar-refractivity contribution in [3.05, 3.63) is 0 Å². The first kappa shape index (κ1) is 16.8. The Morgan fingerprint density at radius 1 is 1.36 bits per heavy atom. The van der Waals surface area contributed by atoms with E-state index in [1.807, 2.05) is 6.79 Å². The quantitative estimate of drug-likeness (QED) is 0.644. The summed E-state index contributed by atoms with van der Waals surface area (Å²) < 4.78 is 22.5. The molecule has 0 aliphatic rings. The van der Waals surface area contributed by atoms with E-state index in [0.29, 0.717) is 0 Å². The fraction of sp³-hybridized carbons (Fsp3) is 0.833. The minimum atomic E-state index is -2.20. The molecule has 0 atom stereocenters. The van der Waals surface area contributed by atoms with Gasteiger partial charge in [0.2, 0.25) is 0 Å². The summed E-state index contributed by atoms with van der Waals surface area (Å²) in [6.45, 7) is 1.86. The molecule has 2 N–H and O–H groups in total. The van der Waals surface area contributed by atoms with E-state index in [4.69, 9.17) is 4.79 Å². The number of nitrogens with two attached hydrogens (primary N) is 1. The molecular formula is C6H16F2N2O. The van der Waals surface area contributed by atoms with Crippen molar-refractivity contribution in [2.75, 3.05) is 27.7 Å². The van der Waals surface area contributed by atoms with Crippen LogP contribution in [-0.2, 0) is 4.79 Å². The normalized spacial score (nSPS) is 8.00. The van der Waals surface area contributed by atoms with Gasteiger partial charge in [-0.05, 0) is 21.1 Å². The Bertz CT molecular complexity index is 56.5. The van der Waals surface area contributed by atoms with Crippen LogP contribution in [0.4, 0.5) is 8.78 Å². The van der Waals surface area contributed by atoms with Gasteiger partial charge in [-0.15, -0.1) is 0 Å². The summed E-state index contributed by atoms with van der Waals surface area (Å²) >= 11 is 0. The molecule has 0 aromatic rings. The average molecular weight is 170 g/mol. The van der Waals surface area contributed by atoms with Gasteiger partial charge in [-0.3, -0.25) is 0 Å². The van der Waals surface area contributed by atoms with Gasteiger partial charge in [0.25, 0.3) is 6.43 Å². The Morgan fingerprint density at radius 2 is 1.64 bits per heavy atom. The fourth-order valence-corrected chi connectivity index (χ4v) is 0.276. The summed E-state index contributed by atoms with van der Waals surface area (Å²) in [4.78, 5) is 9.45. The molecule has 0 aromatic carbocycles. The molecule has 11 heavy (non-hydrogen) atoms. The second-order valence-corrected chi connectivity index (χ2v) is 1.65. The van der Waals surface area contributed by atoms with Crippen molar-refractivity contribution in [3.63, 3.8) is 0 Å². The zero-order chi connectivity index (χ0) is 9.86. The van der Waals surface area contributed by atoms with Crippen molar-refractivity contribution in [2.24, 2.45) is 5.73 Å². The van der Waals surface area contributed by atoms with E-state index in [-0.39, 0.29) is 6.54 Å². The second-order valence-electron chi connectivity index (χ2n) is 1.65. The van der Waals surface area contributed by atoms with Gasteiger partial charge < -0.3 is 15.4 Å². The highest BCUT2D eigenvalue weighted by Crippen LogP contribution is 1.91. The number of carbonyl (C=O) groups excluding carboxylic acids is 1. The molecule has 0 saturated carbocycles. The summed E-state index contributed by atoms with van der Waals surface area (Å²) in [6.07, 6.45) is -2.20. The first-order valence-corrected chi connectivity index (χ1v) is 2.92. The predicted octanol–water partition coefficient (Wildman–Crippen LogP) is 0.203. The largest absolute Gasteiger partial charge is 0.333 e. The van der Waals surface area contributed by atoms with Gasteiger partial charge in [0.1, 0.15) is 6.79 Å². The van der Waals surface area contributed by atoms with Crippen LogP contribution in [0, 0.1) is 0 Å². The monoisotopic (exact) mass is 170 g/mol. The number of rotatable bonds is 2. The van der Waals surface area contributed by atoms with E-state index < -0.39 is 6.43 Å². The van der Waals surface area contributed by atoms with Crippen molar-refractivity contribution < 1.29 is 13.6 Å². The standard InChI is InChI=1S/C4H9F2N.CH5N.CH2O/c1-7(2)3-4(5)6;2*1-2/h4H,3H2,1-2H3;2H2,1H3;1H2. The smallest absolute Gasteiger partial charge is 0.251 e. The molecule has 0 aliphatic heterocycles. The van der Waals surface area contributed by atoms with E-state index in [9.17, 15) is 8.78 Å². The van der Waals surface area contributed by atoms with Crippen molar-refractivity contribution in [1.29, 1.82) is 0 Å². The van der Waals surface area contributed by atoms with Gasteiger partial charge in [-0.25, -0.2) is 8.78 Å². The maximum Gasteiger partial charge on any atom is 0.251 e. The number of halogens is 2. The topological polar surface area (TPSA) is 46.3 Å². The molecule has 70 valence electrons. The van der Waals surface area contributed by atoms with Gasteiger partial charge in [0.05, 0.1) is 6.54 Å². The molecular weight excluding hydrogens is 154 g/mol. The number of hydrogen-bond acceptors (Lipinski definition) is 3. The van der Waals surface area contributed by atoms with Gasteiger partial charge in [0, 0.05) is 0 Å². The summed E-state index contributed by atoms with van der Waals surface area (Å²) in [5, 5.41) is 0. The van der Waals surface area contributed by atoms with Crippen LogP contribution in [0.2, 0.25) is 0 Å². The third-order valence-electron chi connectivity index (χ3n) is 0.503. The Balaban J connectivity index is -0.000000138. The average Bonchev–Trinajstić information content (AvgIpc) is 1.93. The van der Waals surface area contributed by atoms with Gasteiger partial charge in [-0.2, -0.15) is 0 Å². The fourth-order valence-electron chi connectivity index (χ4n) is 0.276. The Hall–Kier alpha value is -0.550. The van der Waals surface area contributed by atoms with E-state index >= 15 is 0 Å². The first-order chi connectivity index (χ1) is 5.13. The summed E-state index contributed by atoms with van der Waals surface area (Å²) in [7, 11) is 4.73. The van der Waals surface area contributed by atoms with Crippen molar-refractivity contribution in [1.82, 2.24) is 4.90 Å². The van der Waals surface area contributed by atoms with E-state index in [1.54, 1.807) is 14.1 Å². The maximum absolute atomic E-state index is 11.2. The summed E-state index contributed by atoms with van der Waals surface area (Å²) in [5.74, 6) is 0. The third kappa shape index (κ3) is 44.1. The molecule has 0 unspecified atom stereocenters. The van der Waals surface area contributed by atoms with Crippen molar-refractivity contribution in [2.45, 2.75) is 6.43 Å². The van der Waals surface area contributed by atoms with Crippen LogP contribution < -0.4 is 5.73 Å². The molecule has 0 aliphatic carbocycles. The van der Waals surface area contributed by atoms with Crippen LogP contribution >= 0.6 is 0 Å². The van der Waals surface area contributed by atoms with E-state index in [2.05, 4.69) is 5.73 Å². The molecule has 0 saturated heterocycles. The van der Waals surface area contributed by atoms with E-state index in [1.165, 1.54) is 11.9 Å². The number of nitrogens with zero attached hydrogens (tertiary/aromatic N) is 1. The molecule has 0 amide bonds. The molecule has 0 radical (unpaired) electrons. The highest BCUT2D eigenvalue weighted by Gasteiger charge is 2.00. The molecule has 0 spiro atoms. The highest BCUT2D eigenvalue weighted by atomic mass is 19.3. The summed E-state index contributed by atoms with van der Waals surface area (Å²) in [5.41, 5.74) is 4.50. The molecule has 0 bridgehead atoms. The van der Waals surface area contributed by atoms with Crippen LogP contribution in [-0.4, -0.2) is 45.8 Å². The Labute approximate surface area is 66.2 Å². The number of alkyl halides is 2. The molecule has 0 fully saturated rings. The Morgan fingerprint density at radius 3 is 1.64 bits per heavy atom. The van der Waals surface area contributed by atoms with Crippen LogP contribution in [0.3, 0.4) is 0 Å². The molecule has 5 heteroatoms. The number of hydrogen-bond donors (Lipinski definition) is 1. The van der Waals surface area contributed by atoms with Crippen LogP contribution in [0.25, 0.3) is 0 Å². The van der Waals surface area contributed by atoms with Crippen molar-refractivity contribution in [3.8, 4) is 0 Å². The lowest BCUT2D eigenvalue weighted by Gasteiger charge is -2.05. The molecule has 0 rings (SSSR count). The summed E-state index contributed by atoms with van der Waals surface area (Å²) in [6, 6.07) is 0. The number of carbonyl (C=O) groups is 1. The Kier molecular flexibility index (Phi) is 24.8. The van der Waals surface area contributed by atoms with Crippen LogP contribution in [0.15, 0.2) is 0 Å². The minimum Gasteiger partial charge on any atom is -0.333 e. The molecule has 0 aromatic heterocycles. The molecule has 0 heterocycles.